The van der Waals surface area contributed by atoms with Crippen LogP contribution in [0.5, 0.6) is 0 Å². The SMILES string of the molecule is CCCC1CC(NCc2cccnn2)CCO1. The first kappa shape index (κ1) is 12.5. The van der Waals surface area contributed by atoms with Crippen LogP contribution in [0.15, 0.2) is 18.3 Å². The minimum atomic E-state index is 0.438. The summed E-state index contributed by atoms with van der Waals surface area (Å²) in [6.07, 6.45) is 6.72. The highest BCUT2D eigenvalue weighted by Gasteiger charge is 2.21. The quantitative estimate of drug-likeness (QED) is 0.847. The average molecular weight is 235 g/mol. The van der Waals surface area contributed by atoms with Gasteiger partial charge in [-0.2, -0.15) is 10.2 Å². The van der Waals surface area contributed by atoms with Gasteiger partial charge in [-0.1, -0.05) is 13.3 Å². The molecule has 17 heavy (non-hydrogen) atoms. The predicted octanol–water partition coefficient (Wildman–Crippen LogP) is 1.91. The molecule has 0 saturated carbocycles. The summed E-state index contributed by atoms with van der Waals surface area (Å²) in [6.45, 7) is 3.89. The maximum absolute atomic E-state index is 5.73. The fourth-order valence-corrected chi connectivity index (χ4v) is 2.27. The molecule has 2 unspecified atom stereocenters. The van der Waals surface area contributed by atoms with Gasteiger partial charge in [-0.3, -0.25) is 0 Å². The molecule has 1 saturated heterocycles. The molecule has 0 spiro atoms. The molecule has 2 rings (SSSR count). The molecule has 1 aliphatic rings. The minimum Gasteiger partial charge on any atom is -0.378 e. The number of aromatic nitrogens is 2. The fourth-order valence-electron chi connectivity index (χ4n) is 2.27. The maximum Gasteiger partial charge on any atom is 0.0769 e. The van der Waals surface area contributed by atoms with E-state index in [0.717, 1.165) is 31.7 Å². The number of nitrogens with zero attached hydrogens (tertiary/aromatic N) is 2. The molecule has 1 aromatic rings. The number of hydrogen-bond acceptors (Lipinski definition) is 4. The summed E-state index contributed by atoms with van der Waals surface area (Å²) in [4.78, 5) is 0. The van der Waals surface area contributed by atoms with Crippen molar-refractivity contribution in [2.75, 3.05) is 6.61 Å². The molecule has 0 aliphatic carbocycles. The zero-order valence-corrected chi connectivity index (χ0v) is 10.4. The topological polar surface area (TPSA) is 47.0 Å². The third kappa shape index (κ3) is 4.06. The molecule has 0 amide bonds. The van der Waals surface area contributed by atoms with E-state index in [1.807, 2.05) is 12.1 Å². The Bertz CT molecular complexity index is 316. The zero-order valence-electron chi connectivity index (χ0n) is 10.4. The van der Waals surface area contributed by atoms with Crippen LogP contribution >= 0.6 is 0 Å². The van der Waals surface area contributed by atoms with Crippen LogP contribution in [-0.4, -0.2) is 29.0 Å². The van der Waals surface area contributed by atoms with E-state index in [1.165, 1.54) is 12.8 Å². The molecule has 1 aliphatic heterocycles. The van der Waals surface area contributed by atoms with Gasteiger partial charge >= 0.3 is 0 Å². The number of hydrogen-bond donors (Lipinski definition) is 1. The lowest BCUT2D eigenvalue weighted by molar-refractivity contribution is -0.00348. The highest BCUT2D eigenvalue weighted by Crippen LogP contribution is 2.17. The van der Waals surface area contributed by atoms with Crippen LogP contribution in [0.25, 0.3) is 0 Å². The lowest BCUT2D eigenvalue weighted by Gasteiger charge is -2.30. The van der Waals surface area contributed by atoms with Crippen molar-refractivity contribution in [1.29, 1.82) is 0 Å². The summed E-state index contributed by atoms with van der Waals surface area (Å²) < 4.78 is 5.73. The largest absolute Gasteiger partial charge is 0.378 e. The summed E-state index contributed by atoms with van der Waals surface area (Å²) in [6, 6.07) is 4.49. The van der Waals surface area contributed by atoms with Gasteiger partial charge in [0.05, 0.1) is 11.8 Å². The second kappa shape index (κ2) is 6.67. The second-order valence-electron chi connectivity index (χ2n) is 4.60. The Balaban J connectivity index is 1.75. The van der Waals surface area contributed by atoms with E-state index in [0.29, 0.717) is 12.1 Å². The smallest absolute Gasteiger partial charge is 0.0769 e. The summed E-state index contributed by atoms with van der Waals surface area (Å²) in [5.41, 5.74) is 1.01. The maximum atomic E-state index is 5.73. The molecule has 94 valence electrons. The van der Waals surface area contributed by atoms with E-state index in [4.69, 9.17) is 4.74 Å². The molecule has 0 bridgehead atoms. The third-order valence-electron chi connectivity index (χ3n) is 3.18. The van der Waals surface area contributed by atoms with Crippen molar-refractivity contribution in [3.63, 3.8) is 0 Å². The number of ether oxygens (including phenoxy) is 1. The van der Waals surface area contributed by atoms with Gasteiger partial charge in [-0.15, -0.1) is 0 Å². The Morgan fingerprint density at radius 1 is 1.53 bits per heavy atom. The lowest BCUT2D eigenvalue weighted by Crippen LogP contribution is -2.38. The highest BCUT2D eigenvalue weighted by atomic mass is 16.5. The van der Waals surface area contributed by atoms with E-state index < -0.39 is 0 Å². The van der Waals surface area contributed by atoms with Gasteiger partial charge in [0, 0.05) is 25.4 Å². The van der Waals surface area contributed by atoms with Crippen molar-refractivity contribution in [2.24, 2.45) is 0 Å². The molecule has 0 aromatic carbocycles. The van der Waals surface area contributed by atoms with Crippen LogP contribution in [0, 0.1) is 0 Å². The minimum absolute atomic E-state index is 0.438. The molecular formula is C13H21N3O. The van der Waals surface area contributed by atoms with Crippen LogP contribution < -0.4 is 5.32 Å². The molecule has 2 atom stereocenters. The van der Waals surface area contributed by atoms with Crippen molar-refractivity contribution in [3.05, 3.63) is 24.0 Å². The van der Waals surface area contributed by atoms with Crippen molar-refractivity contribution in [3.8, 4) is 0 Å². The molecule has 0 radical (unpaired) electrons. The number of rotatable bonds is 5. The van der Waals surface area contributed by atoms with Gasteiger partial charge in [0.1, 0.15) is 0 Å². The normalized spacial score (nSPS) is 24.8. The first-order chi connectivity index (χ1) is 8.38. The average Bonchev–Trinajstić information content (AvgIpc) is 2.39. The molecule has 1 aromatic heterocycles. The molecular weight excluding hydrogens is 214 g/mol. The predicted molar refractivity (Wildman–Crippen MR) is 66.5 cm³/mol. The van der Waals surface area contributed by atoms with Gasteiger partial charge in [-0.05, 0) is 31.4 Å². The Morgan fingerprint density at radius 2 is 2.47 bits per heavy atom. The van der Waals surface area contributed by atoms with Crippen molar-refractivity contribution in [1.82, 2.24) is 15.5 Å². The third-order valence-corrected chi connectivity index (χ3v) is 3.18. The van der Waals surface area contributed by atoms with Gasteiger partial charge in [0.25, 0.3) is 0 Å². The Labute approximate surface area is 103 Å². The van der Waals surface area contributed by atoms with E-state index in [9.17, 15) is 0 Å². The van der Waals surface area contributed by atoms with Crippen molar-refractivity contribution < 1.29 is 4.74 Å². The summed E-state index contributed by atoms with van der Waals surface area (Å²) in [5.74, 6) is 0. The summed E-state index contributed by atoms with van der Waals surface area (Å²) in [5, 5.41) is 11.5. The molecule has 4 heteroatoms. The first-order valence-corrected chi connectivity index (χ1v) is 6.50. The lowest BCUT2D eigenvalue weighted by atomic mass is 10.00. The molecule has 1 fully saturated rings. The Kier molecular flexibility index (Phi) is 4.88. The van der Waals surface area contributed by atoms with Crippen LogP contribution in [-0.2, 0) is 11.3 Å². The van der Waals surface area contributed by atoms with Crippen LogP contribution in [0.4, 0.5) is 0 Å². The van der Waals surface area contributed by atoms with Gasteiger partial charge in [0.2, 0.25) is 0 Å². The van der Waals surface area contributed by atoms with E-state index >= 15 is 0 Å². The van der Waals surface area contributed by atoms with Gasteiger partial charge < -0.3 is 10.1 Å². The molecule has 2 heterocycles. The first-order valence-electron chi connectivity index (χ1n) is 6.50. The van der Waals surface area contributed by atoms with Crippen molar-refractivity contribution >= 4 is 0 Å². The highest BCUT2D eigenvalue weighted by molar-refractivity contribution is 4.98. The van der Waals surface area contributed by atoms with Crippen molar-refractivity contribution in [2.45, 2.75) is 51.3 Å². The number of nitrogens with one attached hydrogen (secondary N) is 1. The van der Waals surface area contributed by atoms with E-state index in [-0.39, 0.29) is 0 Å². The summed E-state index contributed by atoms with van der Waals surface area (Å²) in [7, 11) is 0. The standard InChI is InChI=1S/C13H21N3O/c1-2-4-13-9-11(6-8-17-13)14-10-12-5-3-7-15-16-12/h3,5,7,11,13-14H,2,4,6,8-10H2,1H3. The zero-order chi connectivity index (χ0) is 11.9. The Morgan fingerprint density at radius 3 is 3.24 bits per heavy atom. The van der Waals surface area contributed by atoms with E-state index in [2.05, 4.69) is 22.4 Å². The molecule has 1 N–H and O–H groups in total. The molecule has 4 nitrogen and oxygen atoms in total. The van der Waals surface area contributed by atoms with Gasteiger partial charge in [0.15, 0.2) is 0 Å². The fraction of sp³-hybridized carbons (Fsp3) is 0.692. The van der Waals surface area contributed by atoms with E-state index in [1.54, 1.807) is 6.20 Å². The van der Waals surface area contributed by atoms with Crippen LogP contribution in [0.1, 0.15) is 38.3 Å². The monoisotopic (exact) mass is 235 g/mol. The van der Waals surface area contributed by atoms with Crippen LogP contribution in [0.3, 0.4) is 0 Å². The van der Waals surface area contributed by atoms with Crippen LogP contribution in [0.2, 0.25) is 0 Å². The summed E-state index contributed by atoms with van der Waals surface area (Å²) >= 11 is 0. The van der Waals surface area contributed by atoms with Gasteiger partial charge in [-0.25, -0.2) is 0 Å². The second-order valence-corrected chi connectivity index (χ2v) is 4.60. The Hall–Kier alpha value is -1.00.